The first-order valence-corrected chi connectivity index (χ1v) is 13.7. The van der Waals surface area contributed by atoms with Crippen LogP contribution in [0.25, 0.3) is 0 Å². The lowest BCUT2D eigenvalue weighted by molar-refractivity contribution is -0.121. The third-order valence-corrected chi connectivity index (χ3v) is 6.87. The van der Waals surface area contributed by atoms with E-state index in [4.69, 9.17) is 9.47 Å². The topological polar surface area (TPSA) is 52.6 Å². The van der Waals surface area contributed by atoms with Gasteiger partial charge in [0, 0.05) is 11.1 Å². The Hall–Kier alpha value is -1.58. The minimum absolute atomic E-state index is 0.0292. The Balaban J connectivity index is 1.99. The van der Waals surface area contributed by atoms with E-state index in [1.165, 1.54) is 117 Å². The average molecular weight is 463 g/mol. The van der Waals surface area contributed by atoms with Crippen LogP contribution < -0.4 is 0 Å². The Kier molecular flexibility index (Phi) is 16.8. The first-order chi connectivity index (χ1) is 16.1. The zero-order valence-electron chi connectivity index (χ0n) is 22.1. The van der Waals surface area contributed by atoms with E-state index in [0.29, 0.717) is 17.6 Å². The maximum Gasteiger partial charge on any atom is 0.228 e. The molecule has 4 heteroatoms. The number of hydrogen-bond donors (Lipinski definition) is 0. The summed E-state index contributed by atoms with van der Waals surface area (Å²) in [4.78, 5) is 25.0. The molecule has 1 aliphatic carbocycles. The fraction of sp³-hybridized carbons (Fsp3) is 0.793. The van der Waals surface area contributed by atoms with Crippen LogP contribution >= 0.6 is 0 Å². The smallest absolute Gasteiger partial charge is 0.228 e. The van der Waals surface area contributed by atoms with E-state index in [1.54, 1.807) is 6.92 Å². The fourth-order valence-electron chi connectivity index (χ4n) is 4.70. The molecule has 33 heavy (non-hydrogen) atoms. The van der Waals surface area contributed by atoms with Crippen LogP contribution in [0.2, 0.25) is 0 Å². The normalized spacial score (nSPS) is 14.4. The molecule has 0 saturated heterocycles. The first kappa shape index (κ1) is 29.5. The maximum atomic E-state index is 12.6. The van der Waals surface area contributed by atoms with Crippen LogP contribution in [0, 0.1) is 0 Å². The summed E-state index contributed by atoms with van der Waals surface area (Å²) in [6, 6.07) is 0. The Labute approximate surface area is 203 Å². The highest BCUT2D eigenvalue weighted by atomic mass is 16.5. The number of ether oxygens (including phenoxy) is 2. The lowest BCUT2D eigenvalue weighted by atomic mass is 9.89. The van der Waals surface area contributed by atoms with Crippen molar-refractivity contribution in [2.24, 2.45) is 0 Å². The third-order valence-electron chi connectivity index (χ3n) is 6.87. The van der Waals surface area contributed by atoms with Gasteiger partial charge in [-0.15, -0.1) is 0 Å². The minimum atomic E-state index is -0.230. The first-order valence-electron chi connectivity index (χ1n) is 13.7. The zero-order chi connectivity index (χ0) is 24.3. The number of carbonyl (C=O) groups excluding carboxylic acids is 2. The maximum absolute atomic E-state index is 12.6. The molecule has 0 aliphatic heterocycles. The lowest BCUT2D eigenvalue weighted by Gasteiger charge is -2.20. The summed E-state index contributed by atoms with van der Waals surface area (Å²) in [6.07, 6.45) is 24.7. The summed E-state index contributed by atoms with van der Waals surface area (Å²) in [6.45, 7) is 4.00. The van der Waals surface area contributed by atoms with Crippen LogP contribution in [-0.2, 0) is 19.1 Å². The number of carbonyl (C=O) groups is 2. The summed E-state index contributed by atoms with van der Waals surface area (Å²) in [5.74, 6) is -0.350. The van der Waals surface area contributed by atoms with Crippen molar-refractivity contribution in [1.82, 2.24) is 0 Å². The van der Waals surface area contributed by atoms with Gasteiger partial charge in [-0.3, -0.25) is 9.59 Å². The highest BCUT2D eigenvalue weighted by Gasteiger charge is 2.34. The lowest BCUT2D eigenvalue weighted by Crippen LogP contribution is -2.25. The molecular weight excluding hydrogens is 412 g/mol. The van der Waals surface area contributed by atoms with E-state index in [9.17, 15) is 9.59 Å². The molecule has 0 radical (unpaired) electrons. The Morgan fingerprint density at radius 1 is 0.515 bits per heavy atom. The quantitative estimate of drug-likeness (QED) is 0.127. The predicted molar refractivity (Wildman–Crippen MR) is 137 cm³/mol. The van der Waals surface area contributed by atoms with Crippen LogP contribution in [0.3, 0.4) is 0 Å². The van der Waals surface area contributed by atoms with E-state index < -0.39 is 0 Å². The van der Waals surface area contributed by atoms with Crippen LogP contribution in [0.4, 0.5) is 0 Å². The summed E-state index contributed by atoms with van der Waals surface area (Å²) in [7, 11) is 2.81. The van der Waals surface area contributed by atoms with Crippen molar-refractivity contribution in [2.75, 3.05) is 14.2 Å². The Morgan fingerprint density at radius 3 is 1.21 bits per heavy atom. The van der Waals surface area contributed by atoms with Gasteiger partial charge in [0.2, 0.25) is 23.1 Å². The molecule has 0 spiro atoms. The molecule has 0 saturated carbocycles. The third kappa shape index (κ3) is 11.4. The predicted octanol–water partition coefficient (Wildman–Crippen LogP) is 8.39. The molecule has 0 fully saturated rings. The van der Waals surface area contributed by atoms with E-state index in [2.05, 4.69) is 6.92 Å². The van der Waals surface area contributed by atoms with Gasteiger partial charge in [-0.1, -0.05) is 116 Å². The monoisotopic (exact) mass is 462 g/mol. The molecule has 0 atom stereocenters. The molecule has 0 heterocycles. The van der Waals surface area contributed by atoms with Gasteiger partial charge < -0.3 is 9.47 Å². The van der Waals surface area contributed by atoms with Gasteiger partial charge in [-0.05, 0) is 19.8 Å². The molecular formula is C29H50O4. The van der Waals surface area contributed by atoms with Crippen molar-refractivity contribution in [2.45, 2.75) is 136 Å². The number of Topliss-reactive ketones (excluding diaryl/α,β-unsaturated/α-hetero) is 2. The fourth-order valence-corrected chi connectivity index (χ4v) is 4.70. The van der Waals surface area contributed by atoms with Crippen molar-refractivity contribution in [3.63, 3.8) is 0 Å². The van der Waals surface area contributed by atoms with Gasteiger partial charge in [0.15, 0.2) is 0 Å². The number of hydrogen-bond acceptors (Lipinski definition) is 4. The highest BCUT2D eigenvalue weighted by molar-refractivity contribution is 6.23. The molecule has 1 rings (SSSR count). The summed E-state index contributed by atoms with van der Waals surface area (Å²) >= 11 is 0. The van der Waals surface area contributed by atoms with Gasteiger partial charge in [0.25, 0.3) is 0 Å². The minimum Gasteiger partial charge on any atom is -0.489 e. The van der Waals surface area contributed by atoms with E-state index in [-0.39, 0.29) is 23.1 Å². The Morgan fingerprint density at radius 2 is 0.848 bits per heavy atom. The molecule has 1 aliphatic rings. The molecule has 0 aromatic carbocycles. The number of methoxy groups -OCH3 is 2. The number of rotatable bonds is 21. The van der Waals surface area contributed by atoms with Gasteiger partial charge in [-0.25, -0.2) is 0 Å². The van der Waals surface area contributed by atoms with Gasteiger partial charge in [0.05, 0.1) is 14.2 Å². The molecule has 0 bridgehead atoms. The van der Waals surface area contributed by atoms with Crippen LogP contribution in [-0.4, -0.2) is 25.8 Å². The second-order valence-electron chi connectivity index (χ2n) is 9.59. The summed E-state index contributed by atoms with van der Waals surface area (Å²) in [5, 5.41) is 0. The SMILES string of the molecule is CCCCCCCCCCCCCCCCCCCCC1=C(C)C(=O)C(OC)=C(OC)C1=O. The molecule has 190 valence electrons. The van der Waals surface area contributed by atoms with Crippen molar-refractivity contribution in [3.8, 4) is 0 Å². The molecule has 0 aromatic rings. The standard InChI is InChI=1S/C29H50O4/c1-5-6-7-8-9-10-11-12-13-14-15-16-17-18-19-20-21-22-23-25-24(2)26(30)28(32-3)29(33-4)27(25)31/h5-23H2,1-4H3. The van der Waals surface area contributed by atoms with Gasteiger partial charge in [0.1, 0.15) is 0 Å². The van der Waals surface area contributed by atoms with Crippen molar-refractivity contribution in [1.29, 1.82) is 0 Å². The van der Waals surface area contributed by atoms with Crippen molar-refractivity contribution in [3.05, 3.63) is 22.7 Å². The average Bonchev–Trinajstić information content (AvgIpc) is 2.82. The number of allylic oxidation sites excluding steroid dienone is 2. The van der Waals surface area contributed by atoms with Gasteiger partial charge >= 0.3 is 0 Å². The number of ketones is 2. The van der Waals surface area contributed by atoms with E-state index >= 15 is 0 Å². The highest BCUT2D eigenvalue weighted by Crippen LogP contribution is 2.28. The zero-order valence-corrected chi connectivity index (χ0v) is 22.1. The molecule has 0 N–H and O–H groups in total. The van der Waals surface area contributed by atoms with Crippen molar-refractivity contribution < 1.29 is 19.1 Å². The van der Waals surface area contributed by atoms with E-state index in [0.717, 1.165) is 12.8 Å². The van der Waals surface area contributed by atoms with Gasteiger partial charge in [-0.2, -0.15) is 0 Å². The second kappa shape index (κ2) is 18.8. The molecule has 0 unspecified atom stereocenters. The molecule has 0 amide bonds. The van der Waals surface area contributed by atoms with Crippen LogP contribution in [0.1, 0.15) is 136 Å². The largest absolute Gasteiger partial charge is 0.489 e. The molecule has 0 aromatic heterocycles. The van der Waals surface area contributed by atoms with E-state index in [1.807, 2.05) is 0 Å². The summed E-state index contributed by atoms with van der Waals surface area (Å²) in [5.41, 5.74) is 1.10. The van der Waals surface area contributed by atoms with Crippen LogP contribution in [0.5, 0.6) is 0 Å². The number of unbranched alkanes of at least 4 members (excludes halogenated alkanes) is 17. The summed E-state index contributed by atoms with van der Waals surface area (Å²) < 4.78 is 10.2. The van der Waals surface area contributed by atoms with Crippen molar-refractivity contribution >= 4 is 11.6 Å². The Bertz CT molecular complexity index is 630. The van der Waals surface area contributed by atoms with Crippen LogP contribution in [0.15, 0.2) is 22.7 Å². The second-order valence-corrected chi connectivity index (χ2v) is 9.59. The molecule has 4 nitrogen and oxygen atoms in total.